The summed E-state index contributed by atoms with van der Waals surface area (Å²) in [7, 11) is 0. The Balaban J connectivity index is 2.22. The third kappa shape index (κ3) is 4.09. The van der Waals surface area contributed by atoms with Crippen LogP contribution >= 0.6 is 22.9 Å². The molecule has 0 spiro atoms. The molecular weight excluding hydrogens is 354 g/mol. The lowest BCUT2D eigenvalue weighted by Gasteiger charge is -2.09. The highest BCUT2D eigenvalue weighted by atomic mass is 35.5. The van der Waals surface area contributed by atoms with Crippen LogP contribution in [0.3, 0.4) is 0 Å². The van der Waals surface area contributed by atoms with Crippen molar-refractivity contribution in [2.45, 2.75) is 20.3 Å². The third-order valence-electron chi connectivity index (χ3n) is 3.13. The first-order chi connectivity index (χ1) is 11.3. The molecular formula is C15H14ClN3O4S. The van der Waals surface area contributed by atoms with Crippen LogP contribution in [0.2, 0.25) is 5.02 Å². The lowest BCUT2D eigenvalue weighted by Crippen LogP contribution is -2.12. The summed E-state index contributed by atoms with van der Waals surface area (Å²) in [5.41, 5.74) is 0.708. The van der Waals surface area contributed by atoms with Gasteiger partial charge in [0.05, 0.1) is 25.4 Å². The van der Waals surface area contributed by atoms with E-state index in [4.69, 9.17) is 11.6 Å². The molecule has 2 aromatic rings. The molecule has 126 valence electrons. The molecule has 2 rings (SSSR count). The fraction of sp³-hybridized carbons (Fsp3) is 0.200. The monoisotopic (exact) mass is 367 g/mol. The lowest BCUT2D eigenvalue weighted by atomic mass is 10.2. The third-order valence-corrected chi connectivity index (χ3v) is 4.50. The van der Waals surface area contributed by atoms with E-state index in [1.165, 1.54) is 12.1 Å². The fourth-order valence-electron chi connectivity index (χ4n) is 1.90. The maximum Gasteiger partial charge on any atom is 0.283 e. The number of aryl methyl sites for hydroxylation is 1. The van der Waals surface area contributed by atoms with E-state index < -0.39 is 10.8 Å². The Kier molecular flexibility index (Phi) is 5.53. The molecule has 1 aromatic carbocycles. The van der Waals surface area contributed by atoms with E-state index in [2.05, 4.69) is 10.6 Å². The predicted octanol–water partition coefficient (Wildman–Crippen LogP) is 4.22. The van der Waals surface area contributed by atoms with Gasteiger partial charge in [-0.3, -0.25) is 19.7 Å². The van der Waals surface area contributed by atoms with E-state index in [9.17, 15) is 19.7 Å². The van der Waals surface area contributed by atoms with Crippen molar-refractivity contribution in [3.05, 3.63) is 49.2 Å². The minimum atomic E-state index is -0.531. The van der Waals surface area contributed by atoms with Crippen LogP contribution in [0, 0.1) is 17.0 Å². The number of nitro groups is 1. The summed E-state index contributed by atoms with van der Waals surface area (Å²) in [6, 6.07) is 5.92. The molecule has 1 aromatic heterocycles. The number of thiophene rings is 1. The molecule has 0 unspecified atom stereocenters. The number of nitrogens with zero attached hydrogens (tertiary/aromatic N) is 1. The van der Waals surface area contributed by atoms with Crippen LogP contribution in [0.15, 0.2) is 24.3 Å². The standard InChI is InChI=1S/C15H14ClN3O4S/c1-3-14(20)17-9-4-5-10(16)11(6-9)18-15(21)13-7-12(19(22)23)8(2)24-13/h4-7H,3H2,1-2H3,(H,17,20)(H,18,21). The number of hydrogen-bond acceptors (Lipinski definition) is 5. The van der Waals surface area contributed by atoms with E-state index in [0.29, 0.717) is 27.7 Å². The van der Waals surface area contributed by atoms with Gasteiger partial charge in [-0.2, -0.15) is 0 Å². The molecule has 0 radical (unpaired) electrons. The van der Waals surface area contributed by atoms with E-state index in [0.717, 1.165) is 11.3 Å². The molecule has 9 heteroatoms. The van der Waals surface area contributed by atoms with Crippen molar-refractivity contribution in [1.82, 2.24) is 0 Å². The van der Waals surface area contributed by atoms with Crippen molar-refractivity contribution in [2.24, 2.45) is 0 Å². The number of halogens is 1. The maximum atomic E-state index is 12.3. The minimum absolute atomic E-state index is 0.0970. The SMILES string of the molecule is CCC(=O)Nc1ccc(Cl)c(NC(=O)c2cc([N+](=O)[O-])c(C)s2)c1. The van der Waals surface area contributed by atoms with Gasteiger partial charge in [-0.05, 0) is 25.1 Å². The van der Waals surface area contributed by atoms with Crippen molar-refractivity contribution in [1.29, 1.82) is 0 Å². The van der Waals surface area contributed by atoms with Gasteiger partial charge in [0.15, 0.2) is 0 Å². The number of amides is 2. The second-order valence-corrected chi connectivity index (χ2v) is 6.52. The molecule has 0 aliphatic heterocycles. The smallest absolute Gasteiger partial charge is 0.283 e. The Bertz CT molecular complexity index is 819. The van der Waals surface area contributed by atoms with Gasteiger partial charge in [-0.25, -0.2) is 0 Å². The average Bonchev–Trinajstić information content (AvgIpc) is 2.92. The number of rotatable bonds is 5. The van der Waals surface area contributed by atoms with Gasteiger partial charge in [0.2, 0.25) is 5.91 Å². The number of carbonyl (C=O) groups excluding carboxylic acids is 2. The molecule has 2 amide bonds. The molecule has 0 aliphatic carbocycles. The molecule has 0 aliphatic rings. The second-order valence-electron chi connectivity index (χ2n) is 4.86. The van der Waals surface area contributed by atoms with E-state index in [-0.39, 0.29) is 16.5 Å². The Morgan fingerprint density at radius 3 is 2.58 bits per heavy atom. The van der Waals surface area contributed by atoms with E-state index in [1.807, 2.05) is 0 Å². The Morgan fingerprint density at radius 1 is 1.29 bits per heavy atom. The number of benzene rings is 1. The molecule has 1 heterocycles. The van der Waals surface area contributed by atoms with Crippen LogP contribution in [0.4, 0.5) is 17.1 Å². The summed E-state index contributed by atoms with van der Waals surface area (Å²) in [5, 5.41) is 16.4. The van der Waals surface area contributed by atoms with Gasteiger partial charge >= 0.3 is 0 Å². The summed E-state index contributed by atoms with van der Waals surface area (Å²) in [4.78, 5) is 34.7. The van der Waals surface area contributed by atoms with Gasteiger partial charge in [0.1, 0.15) is 0 Å². The molecule has 7 nitrogen and oxygen atoms in total. The average molecular weight is 368 g/mol. The largest absolute Gasteiger partial charge is 0.326 e. The maximum absolute atomic E-state index is 12.3. The van der Waals surface area contributed by atoms with Crippen molar-refractivity contribution >= 4 is 51.8 Å². The fourth-order valence-corrected chi connectivity index (χ4v) is 2.94. The number of carbonyl (C=O) groups is 2. The molecule has 0 fully saturated rings. The zero-order valence-corrected chi connectivity index (χ0v) is 14.5. The quantitative estimate of drug-likeness (QED) is 0.610. The van der Waals surface area contributed by atoms with Gasteiger partial charge in [0.25, 0.3) is 11.6 Å². The van der Waals surface area contributed by atoms with Crippen molar-refractivity contribution in [3.8, 4) is 0 Å². The van der Waals surface area contributed by atoms with Gasteiger partial charge in [-0.1, -0.05) is 18.5 Å². The highest BCUT2D eigenvalue weighted by molar-refractivity contribution is 7.14. The Labute approximate surface area is 146 Å². The minimum Gasteiger partial charge on any atom is -0.326 e. The molecule has 24 heavy (non-hydrogen) atoms. The molecule has 0 saturated carbocycles. The first-order valence-electron chi connectivity index (χ1n) is 6.97. The van der Waals surface area contributed by atoms with E-state index in [1.54, 1.807) is 26.0 Å². The molecule has 2 N–H and O–H groups in total. The van der Waals surface area contributed by atoms with Crippen molar-refractivity contribution in [3.63, 3.8) is 0 Å². The summed E-state index contributed by atoms with van der Waals surface area (Å²) in [6.45, 7) is 3.30. The zero-order chi connectivity index (χ0) is 17.9. The van der Waals surface area contributed by atoms with Crippen LogP contribution < -0.4 is 10.6 Å². The summed E-state index contributed by atoms with van der Waals surface area (Å²) in [6.07, 6.45) is 0.322. The van der Waals surface area contributed by atoms with Crippen LogP contribution in [0.25, 0.3) is 0 Å². The summed E-state index contributed by atoms with van der Waals surface area (Å²) < 4.78 is 0. The van der Waals surface area contributed by atoms with Crippen LogP contribution in [0.1, 0.15) is 27.9 Å². The Morgan fingerprint density at radius 2 is 2.00 bits per heavy atom. The van der Waals surface area contributed by atoms with Crippen LogP contribution in [-0.4, -0.2) is 16.7 Å². The zero-order valence-electron chi connectivity index (χ0n) is 12.9. The summed E-state index contributed by atoms with van der Waals surface area (Å²) >= 11 is 7.08. The van der Waals surface area contributed by atoms with Gasteiger partial charge < -0.3 is 10.6 Å². The topological polar surface area (TPSA) is 101 Å². The highest BCUT2D eigenvalue weighted by Gasteiger charge is 2.20. The normalized spacial score (nSPS) is 10.3. The van der Waals surface area contributed by atoms with Crippen molar-refractivity contribution < 1.29 is 14.5 Å². The van der Waals surface area contributed by atoms with E-state index >= 15 is 0 Å². The highest BCUT2D eigenvalue weighted by Crippen LogP contribution is 2.30. The first kappa shape index (κ1) is 17.9. The van der Waals surface area contributed by atoms with Gasteiger partial charge in [-0.15, -0.1) is 11.3 Å². The molecule has 0 atom stereocenters. The van der Waals surface area contributed by atoms with Crippen LogP contribution in [-0.2, 0) is 4.79 Å². The van der Waals surface area contributed by atoms with Crippen molar-refractivity contribution in [2.75, 3.05) is 10.6 Å². The van der Waals surface area contributed by atoms with Crippen LogP contribution in [0.5, 0.6) is 0 Å². The number of hydrogen-bond donors (Lipinski definition) is 2. The molecule has 0 bridgehead atoms. The second kappa shape index (κ2) is 7.41. The summed E-state index contributed by atoms with van der Waals surface area (Å²) in [5.74, 6) is -0.670. The lowest BCUT2D eigenvalue weighted by molar-refractivity contribution is -0.385. The number of nitrogens with one attached hydrogen (secondary N) is 2. The predicted molar refractivity (Wildman–Crippen MR) is 94.0 cm³/mol. The number of anilines is 2. The first-order valence-corrected chi connectivity index (χ1v) is 8.16. The Hall–Kier alpha value is -2.45. The molecule has 0 saturated heterocycles. The van der Waals surface area contributed by atoms with Gasteiger partial charge in [0, 0.05) is 18.2 Å².